The minimum absolute atomic E-state index is 0. The summed E-state index contributed by atoms with van der Waals surface area (Å²) < 4.78 is 15.6. The Hall–Kier alpha value is -3.61. The monoisotopic (exact) mass is 362 g/mol. The van der Waals surface area contributed by atoms with Gasteiger partial charge in [0, 0.05) is 19.7 Å². The number of nitrogens with zero attached hydrogens (tertiary/aromatic N) is 4. The quantitative estimate of drug-likeness (QED) is 0.733. The first kappa shape index (κ1) is 15.6. The van der Waals surface area contributed by atoms with Crippen molar-refractivity contribution in [3.05, 3.63) is 78.4 Å². The Morgan fingerprint density at radius 2 is 2.15 bits per heavy atom. The summed E-state index contributed by atoms with van der Waals surface area (Å²) in [6.45, 7) is 0. The van der Waals surface area contributed by atoms with Gasteiger partial charge in [-0.15, -0.1) is 0 Å². The van der Waals surface area contributed by atoms with Crippen LogP contribution in [0, 0.1) is 5.82 Å². The second-order valence-electron chi connectivity index (χ2n) is 6.50. The van der Waals surface area contributed by atoms with Gasteiger partial charge in [-0.05, 0) is 42.5 Å². The maximum absolute atomic E-state index is 13.6. The molecule has 0 spiro atoms. The van der Waals surface area contributed by atoms with Gasteiger partial charge in [-0.3, -0.25) is 10.4 Å². The first-order valence-electron chi connectivity index (χ1n) is 8.64. The Balaban J connectivity index is 0.00000192. The number of anilines is 1. The van der Waals surface area contributed by atoms with Crippen LogP contribution in [0.3, 0.4) is 0 Å². The number of allylic oxidation sites excluding steroid dienone is 2. The number of hydrogen-bond donors (Lipinski definition) is 2. The van der Waals surface area contributed by atoms with Crippen molar-refractivity contribution < 1.29 is 5.82 Å². The topological polar surface area (TPSA) is 57.5 Å². The molecule has 0 saturated heterocycles. The van der Waals surface area contributed by atoms with Gasteiger partial charge >= 0.3 is 0 Å². The average molecular weight is 362 g/mol. The Morgan fingerprint density at radius 1 is 1.22 bits per heavy atom. The van der Waals surface area contributed by atoms with E-state index in [2.05, 4.69) is 20.7 Å². The standard InChI is InChI=1S/C20H17FN6.H2/c1-26-12-22-16-9-8-15(11-18(16)26)23-20-24-19-7-3-6-17(27(19)25-20)13-4-2-5-14(21)10-13;/h2-12,19H,1H3,(H2,23,24,25);1H. The summed E-state index contributed by atoms with van der Waals surface area (Å²) in [6, 6.07) is 12.5. The molecule has 2 aliphatic rings. The summed E-state index contributed by atoms with van der Waals surface area (Å²) in [5.74, 6) is 0.373. The molecule has 0 aliphatic carbocycles. The number of hydrazine groups is 1. The summed E-state index contributed by atoms with van der Waals surface area (Å²) in [6.07, 6.45) is 7.47. The lowest BCUT2D eigenvalue weighted by Gasteiger charge is -2.28. The number of aliphatic imine (C=N–C) groups is 1. The van der Waals surface area contributed by atoms with Gasteiger partial charge in [0.2, 0.25) is 5.96 Å². The van der Waals surface area contributed by atoms with E-state index in [0.29, 0.717) is 5.96 Å². The minimum Gasteiger partial charge on any atom is -0.334 e. The molecule has 1 atom stereocenters. The normalized spacial score (nSPS) is 18.1. The summed E-state index contributed by atoms with van der Waals surface area (Å²) >= 11 is 0. The highest BCUT2D eigenvalue weighted by Crippen LogP contribution is 2.28. The van der Waals surface area contributed by atoms with Gasteiger partial charge in [0.15, 0.2) is 6.17 Å². The van der Waals surface area contributed by atoms with Crippen molar-refractivity contribution in [2.24, 2.45) is 12.0 Å². The highest BCUT2D eigenvalue weighted by Gasteiger charge is 2.28. The lowest BCUT2D eigenvalue weighted by Crippen LogP contribution is -2.41. The van der Waals surface area contributed by atoms with Crippen LogP contribution in [0.1, 0.15) is 6.99 Å². The molecule has 2 N–H and O–H groups in total. The van der Waals surface area contributed by atoms with Crippen LogP contribution in [0.2, 0.25) is 0 Å². The van der Waals surface area contributed by atoms with Crippen molar-refractivity contribution >= 4 is 28.4 Å². The average Bonchev–Trinajstić information content (AvgIpc) is 3.24. The smallest absolute Gasteiger partial charge is 0.217 e. The zero-order valence-electron chi connectivity index (χ0n) is 14.6. The third kappa shape index (κ3) is 2.73. The van der Waals surface area contributed by atoms with E-state index in [0.717, 1.165) is 28.0 Å². The van der Waals surface area contributed by atoms with Crippen molar-refractivity contribution in [3.63, 3.8) is 0 Å². The molecule has 7 heteroatoms. The van der Waals surface area contributed by atoms with Crippen LogP contribution in [0.25, 0.3) is 16.7 Å². The molecule has 0 bridgehead atoms. The number of aryl methyl sites for hydroxylation is 1. The number of halogens is 1. The van der Waals surface area contributed by atoms with Gasteiger partial charge in [0.25, 0.3) is 0 Å². The van der Waals surface area contributed by atoms with E-state index in [9.17, 15) is 4.39 Å². The summed E-state index contributed by atoms with van der Waals surface area (Å²) in [7, 11) is 1.96. The van der Waals surface area contributed by atoms with Crippen LogP contribution in [0.4, 0.5) is 10.1 Å². The van der Waals surface area contributed by atoms with Crippen LogP contribution in [0.5, 0.6) is 0 Å². The molecule has 136 valence electrons. The summed E-state index contributed by atoms with van der Waals surface area (Å²) in [5, 5.41) is 5.23. The van der Waals surface area contributed by atoms with Crippen LogP contribution >= 0.6 is 0 Å². The van der Waals surface area contributed by atoms with Gasteiger partial charge < -0.3 is 9.88 Å². The largest absolute Gasteiger partial charge is 0.334 e. The van der Waals surface area contributed by atoms with Crippen molar-refractivity contribution in [2.45, 2.75) is 6.17 Å². The number of nitrogens with one attached hydrogen (secondary N) is 2. The van der Waals surface area contributed by atoms with Crippen molar-refractivity contribution in [2.75, 3.05) is 5.32 Å². The van der Waals surface area contributed by atoms with Gasteiger partial charge in [-0.25, -0.2) is 14.4 Å². The molecule has 1 aromatic heterocycles. The number of hydrogen-bond acceptors (Lipinski definition) is 5. The van der Waals surface area contributed by atoms with Gasteiger partial charge in [0.1, 0.15) is 5.82 Å². The maximum Gasteiger partial charge on any atom is 0.217 e. The van der Waals surface area contributed by atoms with Gasteiger partial charge in [0.05, 0.1) is 23.1 Å². The predicted octanol–water partition coefficient (Wildman–Crippen LogP) is 3.48. The SMILES string of the molecule is Cn1cnc2ccc(NC3=NC4C=CC=C(c5cccc(F)c5)N4N3)cc21.[HH]. The van der Waals surface area contributed by atoms with Gasteiger partial charge in [-0.2, -0.15) is 0 Å². The minimum atomic E-state index is -0.262. The molecule has 2 aliphatic heterocycles. The van der Waals surface area contributed by atoms with E-state index in [1.165, 1.54) is 12.1 Å². The zero-order chi connectivity index (χ0) is 18.4. The predicted molar refractivity (Wildman–Crippen MR) is 106 cm³/mol. The molecule has 0 saturated carbocycles. The summed E-state index contributed by atoms with van der Waals surface area (Å²) in [4.78, 5) is 9.00. The second-order valence-corrected chi connectivity index (χ2v) is 6.50. The Kier molecular flexibility index (Phi) is 3.46. The molecule has 3 heterocycles. The number of benzene rings is 2. The first-order valence-corrected chi connectivity index (χ1v) is 8.64. The van der Waals surface area contributed by atoms with E-state index in [1.807, 2.05) is 59.1 Å². The summed E-state index contributed by atoms with van der Waals surface area (Å²) in [5.41, 5.74) is 7.83. The van der Waals surface area contributed by atoms with Gasteiger partial charge in [-0.1, -0.05) is 18.2 Å². The fourth-order valence-electron chi connectivity index (χ4n) is 3.34. The molecular weight excluding hydrogens is 343 g/mol. The molecule has 1 unspecified atom stereocenters. The van der Waals surface area contributed by atoms with Crippen LogP contribution in [-0.2, 0) is 7.05 Å². The van der Waals surface area contributed by atoms with Crippen LogP contribution in [0.15, 0.2) is 72.0 Å². The Morgan fingerprint density at radius 3 is 3.04 bits per heavy atom. The highest BCUT2D eigenvalue weighted by molar-refractivity contribution is 5.97. The maximum atomic E-state index is 13.6. The third-order valence-corrected chi connectivity index (χ3v) is 4.66. The second kappa shape index (κ2) is 5.98. The Labute approximate surface area is 156 Å². The molecule has 0 fully saturated rings. The fourth-order valence-corrected chi connectivity index (χ4v) is 3.34. The van der Waals surface area contributed by atoms with Crippen LogP contribution in [-0.4, -0.2) is 26.7 Å². The first-order chi connectivity index (χ1) is 13.2. The molecular formula is C20H19FN6. The number of fused-ring (bicyclic) bond motifs is 2. The fraction of sp³-hybridized carbons (Fsp3) is 0.100. The molecule has 0 amide bonds. The molecule has 6 nitrogen and oxygen atoms in total. The number of aromatic nitrogens is 2. The Bertz CT molecular complexity index is 1130. The molecule has 0 radical (unpaired) electrons. The van der Waals surface area contributed by atoms with E-state index in [1.54, 1.807) is 12.4 Å². The number of imidazole rings is 1. The lowest BCUT2D eigenvalue weighted by molar-refractivity contribution is 0.335. The van der Waals surface area contributed by atoms with E-state index in [4.69, 9.17) is 0 Å². The zero-order valence-corrected chi connectivity index (χ0v) is 14.6. The molecule has 5 rings (SSSR count). The van der Waals surface area contributed by atoms with Crippen LogP contribution < -0.4 is 10.7 Å². The third-order valence-electron chi connectivity index (χ3n) is 4.66. The lowest BCUT2D eigenvalue weighted by atomic mass is 10.1. The number of rotatable bonds is 2. The van der Waals surface area contributed by atoms with Crippen molar-refractivity contribution in [1.82, 2.24) is 20.0 Å². The van der Waals surface area contributed by atoms with E-state index in [-0.39, 0.29) is 13.4 Å². The van der Waals surface area contributed by atoms with E-state index >= 15 is 0 Å². The molecule has 2 aromatic carbocycles. The van der Waals surface area contributed by atoms with E-state index < -0.39 is 0 Å². The van der Waals surface area contributed by atoms with Crippen molar-refractivity contribution in [3.8, 4) is 0 Å². The molecule has 3 aromatic rings. The highest BCUT2D eigenvalue weighted by atomic mass is 19.1. The van der Waals surface area contributed by atoms with Crippen molar-refractivity contribution in [1.29, 1.82) is 0 Å². The molecule has 27 heavy (non-hydrogen) atoms. The number of guanidine groups is 1.